The average molecular weight is 224 g/mol. The first kappa shape index (κ1) is 13.3. The first-order valence-corrected chi connectivity index (χ1v) is 5.94. The molecule has 0 aromatic carbocycles. The highest BCUT2D eigenvalue weighted by Gasteiger charge is 2.26. The molecule has 1 heterocycles. The third-order valence-electron chi connectivity index (χ3n) is 1.74. The zero-order chi connectivity index (χ0) is 11.4. The van der Waals surface area contributed by atoms with E-state index in [0.717, 1.165) is 13.1 Å². The Morgan fingerprint density at radius 3 is 2.07 bits per heavy atom. The summed E-state index contributed by atoms with van der Waals surface area (Å²) in [4.78, 5) is 12.4. The molecule has 0 unspecified atom stereocenters. The predicted molar refractivity (Wildman–Crippen MR) is 52.6 cm³/mol. The number of nitrogens with one attached hydrogen (secondary N) is 1. The van der Waals surface area contributed by atoms with Crippen LogP contribution in [0.2, 0.25) is 0 Å². The summed E-state index contributed by atoms with van der Waals surface area (Å²) in [7, 11) is -1.75. The lowest BCUT2D eigenvalue weighted by Gasteiger charge is -2.38. The maximum absolute atomic E-state index is 10.6. The van der Waals surface area contributed by atoms with Crippen molar-refractivity contribution in [1.82, 2.24) is 10.2 Å². The lowest BCUT2D eigenvalue weighted by molar-refractivity contribution is -0.133. The lowest BCUT2D eigenvalue weighted by atomic mass is 10.1. The first-order valence-electron chi connectivity index (χ1n) is 4.09. The summed E-state index contributed by atoms with van der Waals surface area (Å²) < 4.78 is 25.9. The van der Waals surface area contributed by atoms with Gasteiger partial charge >= 0.3 is 0 Å². The molecule has 2 N–H and O–H groups in total. The Hall–Kier alpha value is -0.660. The van der Waals surface area contributed by atoms with Gasteiger partial charge < -0.3 is 10.2 Å². The molecule has 0 spiro atoms. The fourth-order valence-corrected chi connectivity index (χ4v) is 0.918. The van der Waals surface area contributed by atoms with E-state index in [2.05, 4.69) is 5.32 Å². The Labute approximate surface area is 84.0 Å². The van der Waals surface area contributed by atoms with Crippen LogP contribution >= 0.6 is 0 Å². The van der Waals surface area contributed by atoms with E-state index in [4.69, 9.17) is 4.55 Å². The molecule has 1 aliphatic rings. The van der Waals surface area contributed by atoms with Gasteiger partial charge in [-0.3, -0.25) is 9.35 Å². The molecule has 7 heteroatoms. The van der Waals surface area contributed by atoms with E-state index < -0.39 is 10.1 Å². The molecule has 0 bridgehead atoms. The quantitative estimate of drug-likeness (QED) is 0.554. The van der Waals surface area contributed by atoms with Crippen LogP contribution in [0.1, 0.15) is 6.92 Å². The minimum atomic E-state index is -3.67. The van der Waals surface area contributed by atoms with Crippen molar-refractivity contribution in [2.75, 3.05) is 26.4 Å². The lowest BCUT2D eigenvalue weighted by Crippen LogP contribution is -2.58. The van der Waals surface area contributed by atoms with Crippen molar-refractivity contribution in [2.45, 2.75) is 13.0 Å². The maximum atomic E-state index is 10.6. The van der Waals surface area contributed by atoms with Crippen LogP contribution in [0.5, 0.6) is 0 Å². The Bertz CT molecular complexity index is 274. The highest BCUT2D eigenvalue weighted by molar-refractivity contribution is 7.85. The van der Waals surface area contributed by atoms with Gasteiger partial charge in [0.05, 0.1) is 6.26 Å². The van der Waals surface area contributed by atoms with Crippen LogP contribution in [0.3, 0.4) is 0 Å². The van der Waals surface area contributed by atoms with Gasteiger partial charge in [-0.25, -0.2) is 0 Å². The van der Waals surface area contributed by atoms with E-state index in [9.17, 15) is 13.2 Å². The normalized spacial score (nSPS) is 16.7. The predicted octanol–water partition coefficient (Wildman–Crippen LogP) is -1.06. The van der Waals surface area contributed by atoms with Crippen molar-refractivity contribution in [1.29, 1.82) is 0 Å². The van der Waals surface area contributed by atoms with Crippen LogP contribution in [0.4, 0.5) is 0 Å². The van der Waals surface area contributed by atoms with Crippen LogP contribution in [0, 0.1) is 0 Å². The molecule has 6 nitrogen and oxygen atoms in total. The van der Waals surface area contributed by atoms with Crippen LogP contribution in [0.25, 0.3) is 0 Å². The molecule has 1 fully saturated rings. The molecule has 0 aliphatic carbocycles. The summed E-state index contributed by atoms with van der Waals surface area (Å²) in [5.41, 5.74) is 0. The van der Waals surface area contributed by atoms with E-state index in [1.807, 2.05) is 11.9 Å². The van der Waals surface area contributed by atoms with E-state index in [0.29, 0.717) is 12.3 Å². The van der Waals surface area contributed by atoms with Crippen molar-refractivity contribution < 1.29 is 17.8 Å². The second-order valence-electron chi connectivity index (χ2n) is 3.14. The zero-order valence-corrected chi connectivity index (χ0v) is 9.34. The van der Waals surface area contributed by atoms with Gasteiger partial charge in [0, 0.05) is 26.1 Å². The maximum Gasteiger partial charge on any atom is 0.261 e. The van der Waals surface area contributed by atoms with Gasteiger partial charge in [-0.1, -0.05) is 0 Å². The van der Waals surface area contributed by atoms with E-state index in [1.165, 1.54) is 0 Å². The second kappa shape index (κ2) is 5.28. The van der Waals surface area contributed by atoms with Crippen LogP contribution in [0.15, 0.2) is 0 Å². The van der Waals surface area contributed by atoms with Gasteiger partial charge in [-0.05, 0) is 7.05 Å². The number of hydrogen-bond donors (Lipinski definition) is 2. The van der Waals surface area contributed by atoms with Gasteiger partial charge in [0.1, 0.15) is 0 Å². The molecule has 1 aliphatic heterocycles. The topological polar surface area (TPSA) is 86.7 Å². The van der Waals surface area contributed by atoms with Crippen molar-refractivity contribution in [3.05, 3.63) is 0 Å². The van der Waals surface area contributed by atoms with Crippen molar-refractivity contribution >= 4 is 16.0 Å². The zero-order valence-electron chi connectivity index (χ0n) is 8.52. The second-order valence-corrected chi connectivity index (χ2v) is 4.61. The number of likely N-dealkylation sites (tertiary alicyclic amines) is 1. The van der Waals surface area contributed by atoms with Gasteiger partial charge in [0.2, 0.25) is 5.91 Å². The smallest absolute Gasteiger partial charge is 0.261 e. The number of nitrogens with zero attached hydrogens (tertiary/aromatic N) is 1. The van der Waals surface area contributed by atoms with Crippen molar-refractivity contribution in [3.8, 4) is 0 Å². The average Bonchev–Trinajstić information content (AvgIpc) is 1.79. The molecule has 0 aromatic heterocycles. The van der Waals surface area contributed by atoms with Crippen LogP contribution in [-0.4, -0.2) is 56.2 Å². The molecule has 1 saturated heterocycles. The molecule has 1 amide bonds. The SMILES string of the molecule is CNC1CN(C(C)=O)C1.CS(=O)(=O)O. The van der Waals surface area contributed by atoms with Gasteiger partial charge in [0.25, 0.3) is 10.1 Å². The van der Waals surface area contributed by atoms with Gasteiger partial charge in [0.15, 0.2) is 0 Å². The number of likely N-dealkylation sites (N-methyl/N-ethyl adjacent to an activating group) is 1. The summed E-state index contributed by atoms with van der Waals surface area (Å²) in [6.45, 7) is 3.36. The van der Waals surface area contributed by atoms with Crippen LogP contribution in [-0.2, 0) is 14.9 Å². The highest BCUT2D eigenvalue weighted by atomic mass is 32.2. The number of carbonyl (C=O) groups is 1. The summed E-state index contributed by atoms with van der Waals surface area (Å²) in [5.74, 6) is 0.182. The van der Waals surface area contributed by atoms with Crippen molar-refractivity contribution in [2.24, 2.45) is 0 Å². The summed E-state index contributed by atoms with van der Waals surface area (Å²) in [5, 5.41) is 3.09. The number of carbonyl (C=O) groups excluding carboxylic acids is 1. The molecule has 0 atom stereocenters. The fourth-order valence-electron chi connectivity index (χ4n) is 0.918. The van der Waals surface area contributed by atoms with E-state index in [-0.39, 0.29) is 5.91 Å². The minimum Gasteiger partial charge on any atom is -0.340 e. The molecule has 84 valence electrons. The highest BCUT2D eigenvalue weighted by Crippen LogP contribution is 2.05. The van der Waals surface area contributed by atoms with Crippen LogP contribution < -0.4 is 5.32 Å². The first-order chi connectivity index (χ1) is 6.24. The number of amides is 1. The molecule has 0 aromatic rings. The molecule has 0 radical (unpaired) electrons. The number of hydrogen-bond acceptors (Lipinski definition) is 4. The molecule has 14 heavy (non-hydrogen) atoms. The van der Waals surface area contributed by atoms with Gasteiger partial charge in [-0.15, -0.1) is 0 Å². The van der Waals surface area contributed by atoms with Crippen molar-refractivity contribution in [3.63, 3.8) is 0 Å². The third-order valence-corrected chi connectivity index (χ3v) is 1.74. The van der Waals surface area contributed by atoms with E-state index >= 15 is 0 Å². The number of rotatable bonds is 1. The summed E-state index contributed by atoms with van der Waals surface area (Å²) >= 11 is 0. The minimum absolute atomic E-state index is 0.182. The summed E-state index contributed by atoms with van der Waals surface area (Å²) in [6, 6.07) is 0.536. The fraction of sp³-hybridized carbons (Fsp3) is 0.857. The molecular formula is C7H16N2O4S. The molecular weight excluding hydrogens is 208 g/mol. The molecule has 0 saturated carbocycles. The Morgan fingerprint density at radius 1 is 1.50 bits per heavy atom. The summed E-state index contributed by atoms with van der Waals surface area (Å²) in [6.07, 6.45) is 0.715. The Kier molecular flexibility index (Phi) is 5.03. The Balaban J connectivity index is 0.000000292. The monoisotopic (exact) mass is 224 g/mol. The molecule has 1 rings (SSSR count). The largest absolute Gasteiger partial charge is 0.340 e. The van der Waals surface area contributed by atoms with Gasteiger partial charge in [-0.2, -0.15) is 8.42 Å². The van der Waals surface area contributed by atoms with E-state index in [1.54, 1.807) is 6.92 Å². The third kappa shape index (κ3) is 6.81. The Morgan fingerprint density at radius 2 is 1.86 bits per heavy atom. The standard InChI is InChI=1S/C6H12N2O.CH4O3S/c1-5(9)8-3-6(4-8)7-2;1-5(2,3)4/h6-7H,3-4H2,1-2H3;1H3,(H,2,3,4).